The molecule has 0 fully saturated rings. The van der Waals surface area contributed by atoms with Crippen LogP contribution in [-0.2, 0) is 6.54 Å². The van der Waals surface area contributed by atoms with Gasteiger partial charge in [0.2, 0.25) is 0 Å². The van der Waals surface area contributed by atoms with Gasteiger partial charge in [-0.05, 0) is 18.2 Å². The summed E-state index contributed by atoms with van der Waals surface area (Å²) in [7, 11) is 0. The third kappa shape index (κ3) is 2.38. The van der Waals surface area contributed by atoms with Crippen LogP contribution in [0.1, 0.15) is 5.56 Å². The molecular formula is C13H12FNO. The first-order valence-electron chi connectivity index (χ1n) is 5.01. The normalized spacial score (nSPS) is 10.1. The molecule has 0 atom stereocenters. The summed E-state index contributed by atoms with van der Waals surface area (Å²) < 4.78 is 18.5. The minimum atomic E-state index is -0.317. The van der Waals surface area contributed by atoms with Crippen molar-refractivity contribution in [1.82, 2.24) is 0 Å². The second kappa shape index (κ2) is 4.77. The van der Waals surface area contributed by atoms with Crippen molar-refractivity contribution in [3.63, 3.8) is 0 Å². The molecule has 16 heavy (non-hydrogen) atoms. The molecule has 0 saturated heterocycles. The highest BCUT2D eigenvalue weighted by molar-refractivity contribution is 5.37. The third-order valence-corrected chi connectivity index (χ3v) is 2.22. The van der Waals surface area contributed by atoms with Gasteiger partial charge in [-0.1, -0.05) is 24.3 Å². The topological polar surface area (TPSA) is 35.2 Å². The molecule has 0 amide bonds. The molecule has 0 aliphatic heterocycles. The lowest BCUT2D eigenvalue weighted by atomic mass is 10.2. The van der Waals surface area contributed by atoms with E-state index < -0.39 is 0 Å². The first kappa shape index (κ1) is 10.6. The molecule has 0 radical (unpaired) electrons. The van der Waals surface area contributed by atoms with Crippen LogP contribution in [0.4, 0.5) is 4.39 Å². The van der Waals surface area contributed by atoms with Crippen molar-refractivity contribution in [1.29, 1.82) is 0 Å². The molecule has 2 aromatic rings. The minimum Gasteiger partial charge on any atom is -0.457 e. The largest absolute Gasteiger partial charge is 0.457 e. The van der Waals surface area contributed by atoms with Gasteiger partial charge in [0, 0.05) is 18.2 Å². The van der Waals surface area contributed by atoms with Crippen molar-refractivity contribution in [2.24, 2.45) is 5.73 Å². The van der Waals surface area contributed by atoms with Gasteiger partial charge in [0.1, 0.15) is 17.3 Å². The first-order valence-corrected chi connectivity index (χ1v) is 5.01. The van der Waals surface area contributed by atoms with E-state index in [-0.39, 0.29) is 5.82 Å². The summed E-state index contributed by atoms with van der Waals surface area (Å²) in [6.45, 7) is 0.394. The van der Waals surface area contributed by atoms with Gasteiger partial charge in [0.25, 0.3) is 0 Å². The third-order valence-electron chi connectivity index (χ3n) is 2.22. The Labute approximate surface area is 93.5 Å². The number of para-hydroxylation sites is 1. The number of hydrogen-bond donors (Lipinski definition) is 1. The molecule has 0 unspecified atom stereocenters. The molecular weight excluding hydrogens is 205 g/mol. The number of nitrogens with two attached hydrogens (primary N) is 1. The summed E-state index contributed by atoms with van der Waals surface area (Å²) in [5.74, 6) is 0.819. The lowest BCUT2D eigenvalue weighted by Gasteiger charge is -2.09. The van der Waals surface area contributed by atoms with E-state index in [1.54, 1.807) is 12.1 Å². The Morgan fingerprint density at radius 3 is 2.62 bits per heavy atom. The van der Waals surface area contributed by atoms with Crippen LogP contribution in [0.2, 0.25) is 0 Å². The average Bonchev–Trinajstić information content (AvgIpc) is 2.30. The fourth-order valence-electron chi connectivity index (χ4n) is 1.43. The molecule has 3 heteroatoms. The van der Waals surface area contributed by atoms with E-state index in [2.05, 4.69) is 0 Å². The second-order valence-electron chi connectivity index (χ2n) is 3.37. The van der Waals surface area contributed by atoms with Gasteiger partial charge in [-0.25, -0.2) is 4.39 Å². The van der Waals surface area contributed by atoms with Crippen molar-refractivity contribution in [2.75, 3.05) is 0 Å². The molecule has 0 heterocycles. The molecule has 0 bridgehead atoms. The Morgan fingerprint density at radius 1 is 1.06 bits per heavy atom. The lowest BCUT2D eigenvalue weighted by Crippen LogP contribution is -1.99. The van der Waals surface area contributed by atoms with Gasteiger partial charge in [0.05, 0.1) is 0 Å². The van der Waals surface area contributed by atoms with Crippen LogP contribution in [0.3, 0.4) is 0 Å². The number of halogens is 1. The van der Waals surface area contributed by atoms with Crippen molar-refractivity contribution < 1.29 is 9.13 Å². The van der Waals surface area contributed by atoms with Crippen LogP contribution in [0.15, 0.2) is 48.5 Å². The van der Waals surface area contributed by atoms with Gasteiger partial charge in [-0.3, -0.25) is 0 Å². The maximum Gasteiger partial charge on any atom is 0.131 e. The van der Waals surface area contributed by atoms with E-state index in [0.717, 1.165) is 5.56 Å². The van der Waals surface area contributed by atoms with Crippen LogP contribution in [-0.4, -0.2) is 0 Å². The SMILES string of the molecule is NCc1ccccc1Oc1cccc(F)c1. The summed E-state index contributed by atoms with van der Waals surface area (Å²) in [6, 6.07) is 13.5. The van der Waals surface area contributed by atoms with Crippen molar-refractivity contribution >= 4 is 0 Å². The van der Waals surface area contributed by atoms with Crippen LogP contribution in [0.5, 0.6) is 11.5 Å². The van der Waals surface area contributed by atoms with Crippen LogP contribution in [0.25, 0.3) is 0 Å². The Kier molecular flexibility index (Phi) is 3.17. The Balaban J connectivity index is 2.26. The summed E-state index contributed by atoms with van der Waals surface area (Å²) >= 11 is 0. The smallest absolute Gasteiger partial charge is 0.131 e. The predicted molar refractivity (Wildman–Crippen MR) is 60.8 cm³/mol. The van der Waals surface area contributed by atoms with E-state index in [0.29, 0.717) is 18.0 Å². The van der Waals surface area contributed by atoms with Gasteiger partial charge in [-0.2, -0.15) is 0 Å². The summed E-state index contributed by atoms with van der Waals surface area (Å²) in [6.07, 6.45) is 0. The molecule has 82 valence electrons. The van der Waals surface area contributed by atoms with Crippen molar-refractivity contribution in [3.05, 3.63) is 59.9 Å². The van der Waals surface area contributed by atoms with Gasteiger partial charge >= 0.3 is 0 Å². The van der Waals surface area contributed by atoms with E-state index in [9.17, 15) is 4.39 Å². The highest BCUT2D eigenvalue weighted by Gasteiger charge is 2.03. The summed E-state index contributed by atoms with van der Waals surface area (Å²) in [4.78, 5) is 0. The average molecular weight is 217 g/mol. The molecule has 0 aliphatic carbocycles. The highest BCUT2D eigenvalue weighted by Crippen LogP contribution is 2.25. The van der Waals surface area contributed by atoms with Crippen molar-refractivity contribution in [3.8, 4) is 11.5 Å². The maximum atomic E-state index is 12.9. The maximum absolute atomic E-state index is 12.9. The fraction of sp³-hybridized carbons (Fsp3) is 0.0769. The van der Waals surface area contributed by atoms with Crippen molar-refractivity contribution in [2.45, 2.75) is 6.54 Å². The van der Waals surface area contributed by atoms with E-state index >= 15 is 0 Å². The van der Waals surface area contributed by atoms with Gasteiger partial charge in [-0.15, -0.1) is 0 Å². The molecule has 0 aliphatic rings. The molecule has 2 N–H and O–H groups in total. The quantitative estimate of drug-likeness (QED) is 0.857. The first-order chi connectivity index (χ1) is 7.79. The molecule has 0 aromatic heterocycles. The molecule has 2 nitrogen and oxygen atoms in total. The molecule has 2 aromatic carbocycles. The number of rotatable bonds is 3. The monoisotopic (exact) mass is 217 g/mol. The van der Waals surface area contributed by atoms with E-state index in [1.165, 1.54) is 12.1 Å². The van der Waals surface area contributed by atoms with Crippen LogP contribution >= 0.6 is 0 Å². The number of ether oxygens (including phenoxy) is 1. The number of benzene rings is 2. The summed E-state index contributed by atoms with van der Waals surface area (Å²) in [5, 5.41) is 0. The predicted octanol–water partition coefficient (Wildman–Crippen LogP) is 3.08. The van der Waals surface area contributed by atoms with Gasteiger partial charge in [0.15, 0.2) is 0 Å². The standard InChI is InChI=1S/C13H12FNO/c14-11-5-3-6-12(8-11)16-13-7-2-1-4-10(13)9-15/h1-8H,9,15H2. The Hall–Kier alpha value is -1.87. The zero-order valence-corrected chi connectivity index (χ0v) is 8.69. The molecule has 2 rings (SSSR count). The zero-order valence-electron chi connectivity index (χ0n) is 8.69. The van der Waals surface area contributed by atoms with Gasteiger partial charge < -0.3 is 10.5 Å². The molecule has 0 saturated carbocycles. The Bertz CT molecular complexity index is 485. The fourth-order valence-corrected chi connectivity index (χ4v) is 1.43. The summed E-state index contributed by atoms with van der Waals surface area (Å²) in [5.41, 5.74) is 6.48. The minimum absolute atomic E-state index is 0.317. The highest BCUT2D eigenvalue weighted by atomic mass is 19.1. The Morgan fingerprint density at radius 2 is 1.88 bits per heavy atom. The number of hydrogen-bond acceptors (Lipinski definition) is 2. The lowest BCUT2D eigenvalue weighted by molar-refractivity contribution is 0.471. The van der Waals surface area contributed by atoms with E-state index in [4.69, 9.17) is 10.5 Å². The van der Waals surface area contributed by atoms with E-state index in [1.807, 2.05) is 24.3 Å². The zero-order chi connectivity index (χ0) is 11.4. The second-order valence-corrected chi connectivity index (χ2v) is 3.37. The van der Waals surface area contributed by atoms with Crippen LogP contribution < -0.4 is 10.5 Å². The molecule has 0 spiro atoms. The van der Waals surface area contributed by atoms with Crippen LogP contribution in [0, 0.1) is 5.82 Å².